The molecule has 4 rings (SSSR count). The first-order chi connectivity index (χ1) is 11.8. The summed E-state index contributed by atoms with van der Waals surface area (Å²) < 4.78 is 0. The highest BCUT2D eigenvalue weighted by Gasteiger charge is 2.64. The fourth-order valence-corrected chi connectivity index (χ4v) is 8.18. The molecule has 1 unspecified atom stereocenters. The van der Waals surface area contributed by atoms with Crippen molar-refractivity contribution in [2.24, 2.45) is 39.9 Å². The van der Waals surface area contributed by atoms with E-state index in [2.05, 4.69) is 40.7 Å². The smallest absolute Gasteiger partial charge is 0.155 e. The molecule has 1 nitrogen and oxygen atoms in total. The van der Waals surface area contributed by atoms with Crippen LogP contribution in [0.5, 0.6) is 0 Å². The molecule has 7 atom stereocenters. The van der Waals surface area contributed by atoms with Gasteiger partial charge in [0.1, 0.15) is 0 Å². The highest BCUT2D eigenvalue weighted by Crippen LogP contribution is 2.72. The molecule has 0 heterocycles. The molecule has 0 N–H and O–H groups in total. The standard InChI is InChI=1S/C24H38O/c1-6-16(2)19-9-10-20-21-8-7-17-15-18(25)11-12-23(17,4)24(21,5)14-13-22(19,20)3/h15-16,19-21H,6-14H2,1-5H3/t16?,19-,20+,21+,22-,23+,24+/m1/s1. The lowest BCUT2D eigenvalue weighted by molar-refractivity contribution is -0.130. The summed E-state index contributed by atoms with van der Waals surface area (Å²) in [6.45, 7) is 12.7. The maximum Gasteiger partial charge on any atom is 0.155 e. The van der Waals surface area contributed by atoms with Crippen LogP contribution >= 0.6 is 0 Å². The number of carbonyl (C=O) groups excluding carboxylic acids is 1. The molecule has 140 valence electrons. The Morgan fingerprint density at radius 2 is 1.80 bits per heavy atom. The Hall–Kier alpha value is -0.590. The molecule has 1 heteroatoms. The van der Waals surface area contributed by atoms with Crippen LogP contribution in [0.3, 0.4) is 0 Å². The Morgan fingerprint density at radius 3 is 2.52 bits per heavy atom. The van der Waals surface area contributed by atoms with Gasteiger partial charge in [0.15, 0.2) is 5.78 Å². The van der Waals surface area contributed by atoms with Gasteiger partial charge in [0, 0.05) is 6.42 Å². The van der Waals surface area contributed by atoms with Gasteiger partial charge in [-0.2, -0.15) is 0 Å². The molecule has 0 spiro atoms. The maximum absolute atomic E-state index is 12.0. The van der Waals surface area contributed by atoms with Crippen molar-refractivity contribution in [2.45, 2.75) is 92.4 Å². The van der Waals surface area contributed by atoms with Crippen molar-refractivity contribution >= 4 is 5.78 Å². The molecule has 0 bridgehead atoms. The number of ketones is 1. The number of allylic oxidation sites excluding steroid dienone is 1. The fraction of sp³-hybridized carbons (Fsp3) is 0.875. The van der Waals surface area contributed by atoms with E-state index in [9.17, 15) is 4.79 Å². The second-order valence-electron chi connectivity index (χ2n) is 10.7. The van der Waals surface area contributed by atoms with E-state index in [0.717, 1.165) is 36.5 Å². The molecule has 0 aromatic rings. The molecule has 4 aliphatic rings. The largest absolute Gasteiger partial charge is 0.295 e. The zero-order valence-corrected chi connectivity index (χ0v) is 17.2. The molecule has 0 aromatic heterocycles. The van der Waals surface area contributed by atoms with Crippen LogP contribution in [0.1, 0.15) is 92.4 Å². The van der Waals surface area contributed by atoms with Crippen LogP contribution in [-0.4, -0.2) is 5.78 Å². The van der Waals surface area contributed by atoms with Gasteiger partial charge in [0.05, 0.1) is 0 Å². The molecule has 0 amide bonds. The van der Waals surface area contributed by atoms with E-state index in [0.29, 0.717) is 16.6 Å². The summed E-state index contributed by atoms with van der Waals surface area (Å²) in [6.07, 6.45) is 13.5. The van der Waals surface area contributed by atoms with Crippen molar-refractivity contribution in [3.05, 3.63) is 11.6 Å². The number of hydrogen-bond acceptors (Lipinski definition) is 1. The SMILES string of the molecule is CCC(C)[C@H]1CC[C@H]2[C@@H]3CCC4=CC(=O)CC[C@]4(C)[C@@]3(C)CC[C@]12C. The summed E-state index contributed by atoms with van der Waals surface area (Å²) in [5.41, 5.74) is 2.76. The van der Waals surface area contributed by atoms with Crippen LogP contribution in [0.25, 0.3) is 0 Å². The van der Waals surface area contributed by atoms with Gasteiger partial charge in [-0.25, -0.2) is 0 Å². The van der Waals surface area contributed by atoms with Crippen molar-refractivity contribution in [1.29, 1.82) is 0 Å². The minimum atomic E-state index is 0.277. The van der Waals surface area contributed by atoms with E-state index in [4.69, 9.17) is 0 Å². The molecule has 0 aliphatic heterocycles. The first-order valence-corrected chi connectivity index (χ1v) is 11.0. The van der Waals surface area contributed by atoms with E-state index in [1.807, 2.05) is 0 Å². The third-order valence-corrected chi connectivity index (χ3v) is 10.2. The van der Waals surface area contributed by atoms with E-state index in [-0.39, 0.29) is 5.41 Å². The summed E-state index contributed by atoms with van der Waals surface area (Å²) in [5, 5.41) is 0. The first-order valence-electron chi connectivity index (χ1n) is 11.0. The fourth-order valence-electron chi connectivity index (χ4n) is 8.18. The van der Waals surface area contributed by atoms with Crippen LogP contribution in [0, 0.1) is 39.9 Å². The van der Waals surface area contributed by atoms with Gasteiger partial charge in [-0.15, -0.1) is 0 Å². The van der Waals surface area contributed by atoms with E-state index in [1.54, 1.807) is 0 Å². The quantitative estimate of drug-likeness (QED) is 0.554. The number of carbonyl (C=O) groups is 1. The Bertz CT molecular complexity index is 603. The summed E-state index contributed by atoms with van der Waals surface area (Å²) in [7, 11) is 0. The minimum absolute atomic E-state index is 0.277. The van der Waals surface area contributed by atoms with Gasteiger partial charge in [-0.1, -0.05) is 46.6 Å². The van der Waals surface area contributed by atoms with Crippen LogP contribution in [0.4, 0.5) is 0 Å². The average Bonchev–Trinajstić information content (AvgIpc) is 2.93. The Kier molecular flexibility index (Phi) is 4.06. The van der Waals surface area contributed by atoms with Gasteiger partial charge in [-0.05, 0) is 90.9 Å². The third kappa shape index (κ3) is 2.23. The van der Waals surface area contributed by atoms with Gasteiger partial charge in [0.2, 0.25) is 0 Å². The number of hydrogen-bond donors (Lipinski definition) is 0. The molecule has 25 heavy (non-hydrogen) atoms. The zero-order valence-electron chi connectivity index (χ0n) is 17.2. The predicted octanol–water partition coefficient (Wildman–Crippen LogP) is 6.57. The number of rotatable bonds is 2. The molecule has 4 aliphatic carbocycles. The Labute approximate surface area is 155 Å². The van der Waals surface area contributed by atoms with Crippen molar-refractivity contribution in [3.8, 4) is 0 Å². The topological polar surface area (TPSA) is 17.1 Å². The molecule has 0 aromatic carbocycles. The molecular weight excluding hydrogens is 304 g/mol. The highest BCUT2D eigenvalue weighted by molar-refractivity contribution is 5.91. The second kappa shape index (κ2) is 5.70. The zero-order chi connectivity index (χ0) is 18.0. The summed E-state index contributed by atoms with van der Waals surface area (Å²) >= 11 is 0. The summed E-state index contributed by atoms with van der Waals surface area (Å²) in [4.78, 5) is 12.0. The van der Waals surface area contributed by atoms with Crippen molar-refractivity contribution in [1.82, 2.24) is 0 Å². The van der Waals surface area contributed by atoms with Crippen LogP contribution in [0.2, 0.25) is 0 Å². The van der Waals surface area contributed by atoms with Crippen molar-refractivity contribution < 1.29 is 4.79 Å². The third-order valence-electron chi connectivity index (χ3n) is 10.2. The van der Waals surface area contributed by atoms with Crippen molar-refractivity contribution in [2.75, 3.05) is 0 Å². The minimum Gasteiger partial charge on any atom is -0.295 e. The van der Waals surface area contributed by atoms with Crippen LogP contribution < -0.4 is 0 Å². The molecule has 0 saturated heterocycles. The second-order valence-corrected chi connectivity index (χ2v) is 10.7. The van der Waals surface area contributed by atoms with Crippen molar-refractivity contribution in [3.63, 3.8) is 0 Å². The van der Waals surface area contributed by atoms with E-state index >= 15 is 0 Å². The van der Waals surface area contributed by atoms with Crippen LogP contribution in [-0.2, 0) is 4.79 Å². The lowest BCUT2D eigenvalue weighted by Crippen LogP contribution is -2.57. The lowest BCUT2D eigenvalue weighted by Gasteiger charge is -2.64. The lowest BCUT2D eigenvalue weighted by atomic mass is 9.40. The Balaban J connectivity index is 1.70. The molecule has 0 radical (unpaired) electrons. The van der Waals surface area contributed by atoms with Gasteiger partial charge in [-0.3, -0.25) is 4.79 Å². The summed E-state index contributed by atoms with van der Waals surface area (Å²) in [5.74, 6) is 3.98. The highest BCUT2D eigenvalue weighted by atomic mass is 16.1. The van der Waals surface area contributed by atoms with E-state index < -0.39 is 0 Å². The normalized spacial score (nSPS) is 50.5. The van der Waals surface area contributed by atoms with Gasteiger partial charge in [0.25, 0.3) is 0 Å². The first kappa shape index (κ1) is 17.8. The molecule has 3 saturated carbocycles. The van der Waals surface area contributed by atoms with Gasteiger partial charge >= 0.3 is 0 Å². The Morgan fingerprint density at radius 1 is 1.04 bits per heavy atom. The molecule has 3 fully saturated rings. The monoisotopic (exact) mass is 342 g/mol. The maximum atomic E-state index is 12.0. The molecular formula is C24H38O. The van der Waals surface area contributed by atoms with Crippen LogP contribution in [0.15, 0.2) is 11.6 Å². The van der Waals surface area contributed by atoms with E-state index in [1.165, 1.54) is 50.5 Å². The van der Waals surface area contributed by atoms with Gasteiger partial charge < -0.3 is 0 Å². The summed E-state index contributed by atoms with van der Waals surface area (Å²) in [6, 6.07) is 0. The number of fused-ring (bicyclic) bond motifs is 5. The predicted molar refractivity (Wildman–Crippen MR) is 104 cm³/mol. The average molecular weight is 343 g/mol.